The van der Waals surface area contributed by atoms with Crippen molar-refractivity contribution in [1.82, 2.24) is 10.2 Å². The molecule has 0 bridgehead atoms. The first-order chi connectivity index (χ1) is 15.7. The highest BCUT2D eigenvalue weighted by Gasteiger charge is 2.25. The van der Waals surface area contributed by atoms with Gasteiger partial charge in [0.05, 0.1) is 21.7 Å². The molecule has 8 nitrogen and oxygen atoms in total. The summed E-state index contributed by atoms with van der Waals surface area (Å²) in [5, 5.41) is 2.60. The largest absolute Gasteiger partial charge is 0.454 e. The van der Waals surface area contributed by atoms with Crippen LogP contribution in [0, 0.1) is 0 Å². The number of rotatable bonds is 10. The summed E-state index contributed by atoms with van der Waals surface area (Å²) in [4.78, 5) is 50.6. The number of ether oxygens (including phenoxy) is 2. The quantitative estimate of drug-likeness (QED) is 0.502. The molecule has 2 aromatic rings. The monoisotopic (exact) mass is 494 g/mol. The minimum Gasteiger partial charge on any atom is -0.454 e. The highest BCUT2D eigenvalue weighted by molar-refractivity contribution is 6.39. The standard InChI is InChI=1S/C23H24Cl2N2O6/c1-27(2)20(29)12-11-18(26-23(31)33-13-15-7-4-3-5-8-15)19(28)14-32-22(30)21-16(24)9-6-10-17(21)25/h3-10,18H,11-14H2,1-2H3,(H,26,31). The Bertz CT molecular complexity index is 977. The summed E-state index contributed by atoms with van der Waals surface area (Å²) in [6.07, 6.45) is -0.845. The lowest BCUT2D eigenvalue weighted by atomic mass is 10.1. The number of ketones is 1. The zero-order valence-corrected chi connectivity index (χ0v) is 19.7. The molecule has 2 amide bonds. The molecule has 0 spiro atoms. The number of carbonyl (C=O) groups is 4. The molecule has 0 saturated carbocycles. The molecule has 10 heteroatoms. The second kappa shape index (κ2) is 12.8. The van der Waals surface area contributed by atoms with E-state index in [2.05, 4.69) is 5.32 Å². The molecule has 176 valence electrons. The second-order valence-corrected chi connectivity index (χ2v) is 8.04. The van der Waals surface area contributed by atoms with Gasteiger partial charge in [-0.15, -0.1) is 0 Å². The molecule has 2 rings (SSSR count). The second-order valence-electron chi connectivity index (χ2n) is 7.22. The Morgan fingerprint density at radius 3 is 2.18 bits per heavy atom. The number of hydrogen-bond acceptors (Lipinski definition) is 6. The Morgan fingerprint density at radius 2 is 1.58 bits per heavy atom. The van der Waals surface area contributed by atoms with Crippen LogP contribution in [0.3, 0.4) is 0 Å². The minimum atomic E-state index is -1.10. The van der Waals surface area contributed by atoms with E-state index in [1.54, 1.807) is 44.4 Å². The maximum Gasteiger partial charge on any atom is 0.408 e. The van der Waals surface area contributed by atoms with E-state index in [0.29, 0.717) is 0 Å². The molecule has 1 atom stereocenters. The van der Waals surface area contributed by atoms with E-state index < -0.39 is 30.5 Å². The molecule has 0 aliphatic carbocycles. The number of halogens is 2. The average Bonchev–Trinajstić information content (AvgIpc) is 2.79. The Kier molecular flexibility index (Phi) is 10.2. The van der Waals surface area contributed by atoms with E-state index in [0.717, 1.165) is 5.56 Å². The van der Waals surface area contributed by atoms with Gasteiger partial charge in [-0.05, 0) is 24.1 Å². The number of benzene rings is 2. The van der Waals surface area contributed by atoms with Gasteiger partial charge in [0.25, 0.3) is 0 Å². The van der Waals surface area contributed by atoms with Crippen LogP contribution in [0.1, 0.15) is 28.8 Å². The summed E-state index contributed by atoms with van der Waals surface area (Å²) in [5.74, 6) is -1.73. The topological polar surface area (TPSA) is 102 Å². The highest BCUT2D eigenvalue weighted by atomic mass is 35.5. The van der Waals surface area contributed by atoms with Crippen LogP contribution in [0.5, 0.6) is 0 Å². The van der Waals surface area contributed by atoms with Gasteiger partial charge in [0.1, 0.15) is 6.61 Å². The predicted octanol–water partition coefficient (Wildman–Crippen LogP) is 3.88. The zero-order valence-electron chi connectivity index (χ0n) is 18.2. The van der Waals surface area contributed by atoms with Crippen molar-refractivity contribution in [1.29, 1.82) is 0 Å². The van der Waals surface area contributed by atoms with Gasteiger partial charge in [0.2, 0.25) is 5.91 Å². The average molecular weight is 495 g/mol. The Labute approximate surface area is 201 Å². The van der Waals surface area contributed by atoms with Gasteiger partial charge >= 0.3 is 12.1 Å². The van der Waals surface area contributed by atoms with Crippen molar-refractivity contribution in [3.63, 3.8) is 0 Å². The Balaban J connectivity index is 2.00. The first kappa shape index (κ1) is 26.2. The van der Waals surface area contributed by atoms with Gasteiger partial charge in [0, 0.05) is 20.5 Å². The van der Waals surface area contributed by atoms with Gasteiger partial charge in [-0.25, -0.2) is 9.59 Å². The lowest BCUT2D eigenvalue weighted by molar-refractivity contribution is -0.129. The van der Waals surface area contributed by atoms with E-state index in [1.165, 1.54) is 17.0 Å². The van der Waals surface area contributed by atoms with Crippen molar-refractivity contribution in [2.24, 2.45) is 0 Å². The number of Topliss-reactive ketones (excluding diaryl/α,β-unsaturated/α-hetero) is 1. The maximum absolute atomic E-state index is 12.7. The van der Waals surface area contributed by atoms with E-state index >= 15 is 0 Å². The third-order valence-electron chi connectivity index (χ3n) is 4.55. The summed E-state index contributed by atoms with van der Waals surface area (Å²) in [7, 11) is 3.16. The molecule has 0 radical (unpaired) electrons. The molecule has 0 aromatic heterocycles. The minimum absolute atomic E-state index is 0.000678. The molecule has 0 heterocycles. The maximum atomic E-state index is 12.7. The van der Waals surface area contributed by atoms with Crippen LogP contribution in [0.15, 0.2) is 48.5 Å². The van der Waals surface area contributed by atoms with Crippen LogP contribution in [0.25, 0.3) is 0 Å². The molecular formula is C23H24Cl2N2O6. The molecule has 2 aromatic carbocycles. The van der Waals surface area contributed by atoms with Crippen molar-refractivity contribution in [2.45, 2.75) is 25.5 Å². The zero-order chi connectivity index (χ0) is 24.4. The summed E-state index contributed by atoms with van der Waals surface area (Å²) in [6, 6.07) is 12.4. The molecule has 1 unspecified atom stereocenters. The number of nitrogens with zero attached hydrogens (tertiary/aromatic N) is 1. The molecule has 0 aliphatic rings. The van der Waals surface area contributed by atoms with Crippen LogP contribution in [0.2, 0.25) is 10.0 Å². The van der Waals surface area contributed by atoms with Crippen LogP contribution in [-0.4, -0.2) is 55.4 Å². The number of esters is 1. The first-order valence-electron chi connectivity index (χ1n) is 10.00. The van der Waals surface area contributed by atoms with Crippen molar-refractivity contribution >= 4 is 47.0 Å². The van der Waals surface area contributed by atoms with Gasteiger partial charge in [-0.2, -0.15) is 0 Å². The summed E-state index contributed by atoms with van der Waals surface area (Å²) >= 11 is 12.0. The number of carbonyl (C=O) groups excluding carboxylic acids is 4. The van der Waals surface area contributed by atoms with Gasteiger partial charge in [0.15, 0.2) is 12.4 Å². The van der Waals surface area contributed by atoms with Crippen molar-refractivity contribution in [3.05, 3.63) is 69.7 Å². The summed E-state index contributed by atoms with van der Waals surface area (Å²) in [5.41, 5.74) is 0.701. The number of alkyl carbamates (subject to hydrolysis) is 1. The predicted molar refractivity (Wildman–Crippen MR) is 123 cm³/mol. The molecule has 0 aliphatic heterocycles. The fourth-order valence-electron chi connectivity index (χ4n) is 2.71. The van der Waals surface area contributed by atoms with E-state index in [-0.39, 0.29) is 41.0 Å². The van der Waals surface area contributed by atoms with Gasteiger partial charge < -0.3 is 19.7 Å². The molecular weight excluding hydrogens is 471 g/mol. The fourth-order valence-corrected chi connectivity index (χ4v) is 3.27. The lowest BCUT2D eigenvalue weighted by Crippen LogP contribution is -2.43. The number of hydrogen-bond donors (Lipinski definition) is 1. The van der Waals surface area contributed by atoms with Crippen LogP contribution in [0.4, 0.5) is 4.79 Å². The molecule has 33 heavy (non-hydrogen) atoms. The van der Waals surface area contributed by atoms with Crippen molar-refractivity contribution in [3.8, 4) is 0 Å². The van der Waals surface area contributed by atoms with Crippen LogP contribution < -0.4 is 5.32 Å². The summed E-state index contributed by atoms with van der Waals surface area (Å²) < 4.78 is 10.2. The summed E-state index contributed by atoms with van der Waals surface area (Å²) in [6.45, 7) is -0.648. The van der Waals surface area contributed by atoms with E-state index in [4.69, 9.17) is 32.7 Å². The van der Waals surface area contributed by atoms with Gasteiger partial charge in [-0.1, -0.05) is 59.6 Å². The molecule has 0 fully saturated rings. The van der Waals surface area contributed by atoms with E-state index in [1.807, 2.05) is 6.07 Å². The van der Waals surface area contributed by atoms with Crippen LogP contribution in [-0.2, 0) is 25.7 Å². The normalized spacial score (nSPS) is 11.3. The highest BCUT2D eigenvalue weighted by Crippen LogP contribution is 2.25. The Hall–Kier alpha value is -3.10. The third kappa shape index (κ3) is 8.40. The lowest BCUT2D eigenvalue weighted by Gasteiger charge is -2.19. The number of amides is 2. The molecule has 1 N–H and O–H groups in total. The third-order valence-corrected chi connectivity index (χ3v) is 5.18. The van der Waals surface area contributed by atoms with E-state index in [9.17, 15) is 19.2 Å². The van der Waals surface area contributed by atoms with Crippen molar-refractivity contribution in [2.75, 3.05) is 20.7 Å². The van der Waals surface area contributed by atoms with Crippen LogP contribution >= 0.6 is 23.2 Å². The van der Waals surface area contributed by atoms with Crippen molar-refractivity contribution < 1.29 is 28.7 Å². The molecule has 0 saturated heterocycles. The SMILES string of the molecule is CN(C)C(=O)CCC(NC(=O)OCc1ccccc1)C(=O)COC(=O)c1c(Cl)cccc1Cl. The van der Waals surface area contributed by atoms with Gasteiger partial charge in [-0.3, -0.25) is 9.59 Å². The first-order valence-corrected chi connectivity index (χ1v) is 10.8. The smallest absolute Gasteiger partial charge is 0.408 e. The number of nitrogens with one attached hydrogen (secondary N) is 1. The fraction of sp³-hybridized carbons (Fsp3) is 0.304. The Morgan fingerprint density at radius 1 is 0.939 bits per heavy atom.